The summed E-state index contributed by atoms with van der Waals surface area (Å²) in [5.74, 6) is 0.520. The summed E-state index contributed by atoms with van der Waals surface area (Å²) < 4.78 is 11.9. The Morgan fingerprint density at radius 3 is 2.58 bits per heavy atom. The van der Waals surface area contributed by atoms with Crippen LogP contribution in [0.1, 0.15) is 22.3 Å². The van der Waals surface area contributed by atoms with Crippen molar-refractivity contribution < 1.29 is 14.3 Å². The van der Waals surface area contributed by atoms with Gasteiger partial charge in [-0.1, -0.05) is 40.6 Å². The topological polar surface area (TPSA) is 54.9 Å². The first-order valence-corrected chi connectivity index (χ1v) is 12.1. The summed E-state index contributed by atoms with van der Waals surface area (Å²) in [6, 6.07) is 8.81. The Kier molecular flexibility index (Phi) is 9.21. The Bertz CT molecular complexity index is 1100. The van der Waals surface area contributed by atoms with E-state index in [-0.39, 0.29) is 18.3 Å². The minimum atomic E-state index is -0.174. The molecule has 1 aliphatic heterocycles. The van der Waals surface area contributed by atoms with Crippen molar-refractivity contribution in [2.75, 3.05) is 51.4 Å². The van der Waals surface area contributed by atoms with E-state index < -0.39 is 0 Å². The highest BCUT2D eigenvalue weighted by atomic mass is 35.5. The van der Waals surface area contributed by atoms with Gasteiger partial charge in [0.1, 0.15) is 11.3 Å². The number of anilines is 1. The first-order chi connectivity index (χ1) is 15.5. The zero-order chi connectivity index (χ0) is 22.7. The van der Waals surface area contributed by atoms with E-state index >= 15 is 0 Å². The van der Waals surface area contributed by atoms with Crippen LogP contribution in [-0.4, -0.2) is 62.3 Å². The SMILES string of the molecule is COc1ccc(C)c2sc(N(CCCN3CCOCC3)C(=O)c3cc(Cl)cc(Cl)c3)nc12.Cl. The van der Waals surface area contributed by atoms with Gasteiger partial charge in [-0.05, 0) is 43.2 Å². The van der Waals surface area contributed by atoms with Crippen molar-refractivity contribution in [2.24, 2.45) is 0 Å². The molecule has 2 aromatic carbocycles. The van der Waals surface area contributed by atoms with Gasteiger partial charge in [-0.2, -0.15) is 0 Å². The molecular formula is C23H26Cl3N3O3S. The largest absolute Gasteiger partial charge is 0.494 e. The number of fused-ring (bicyclic) bond motifs is 1. The van der Waals surface area contributed by atoms with Crippen molar-refractivity contribution in [3.05, 3.63) is 51.5 Å². The number of hydrogen-bond acceptors (Lipinski definition) is 6. The Labute approximate surface area is 213 Å². The summed E-state index contributed by atoms with van der Waals surface area (Å²) in [5.41, 5.74) is 2.30. The van der Waals surface area contributed by atoms with Crippen LogP contribution < -0.4 is 9.64 Å². The van der Waals surface area contributed by atoms with Gasteiger partial charge >= 0.3 is 0 Å². The van der Waals surface area contributed by atoms with Crippen molar-refractivity contribution in [1.82, 2.24) is 9.88 Å². The van der Waals surface area contributed by atoms with Crippen LogP contribution in [0.4, 0.5) is 5.13 Å². The van der Waals surface area contributed by atoms with E-state index in [1.165, 1.54) is 11.3 Å². The zero-order valence-electron chi connectivity index (χ0n) is 18.5. The molecule has 1 saturated heterocycles. The molecule has 0 radical (unpaired) electrons. The number of carbonyl (C=O) groups excluding carboxylic acids is 1. The maximum absolute atomic E-state index is 13.6. The monoisotopic (exact) mass is 529 g/mol. The summed E-state index contributed by atoms with van der Waals surface area (Å²) in [7, 11) is 1.63. The average Bonchev–Trinajstić information content (AvgIpc) is 3.23. The summed E-state index contributed by atoms with van der Waals surface area (Å²) >= 11 is 13.8. The number of hydrogen-bond donors (Lipinski definition) is 0. The second-order valence-corrected chi connectivity index (χ2v) is 9.53. The lowest BCUT2D eigenvalue weighted by Gasteiger charge is -2.27. The van der Waals surface area contributed by atoms with Gasteiger partial charge in [0.2, 0.25) is 0 Å². The van der Waals surface area contributed by atoms with Crippen molar-refractivity contribution in [3.63, 3.8) is 0 Å². The number of methoxy groups -OCH3 is 1. The third-order valence-corrected chi connectivity index (χ3v) is 7.11. The number of rotatable bonds is 7. The van der Waals surface area contributed by atoms with Crippen LogP contribution in [0.25, 0.3) is 10.2 Å². The maximum Gasteiger partial charge on any atom is 0.260 e. The highest BCUT2D eigenvalue weighted by molar-refractivity contribution is 7.22. The predicted octanol–water partition coefficient (Wildman–Crippen LogP) is 5.71. The standard InChI is InChI=1S/C23H25Cl2N3O3S.ClH/c1-15-4-5-19(30-2)20-21(15)32-23(26-20)28(7-3-6-27-8-10-31-11-9-27)22(29)16-12-17(24)14-18(25)13-16;/h4-5,12-14H,3,6-11H2,1-2H3;1H. The van der Waals surface area contributed by atoms with E-state index in [4.69, 9.17) is 37.7 Å². The Morgan fingerprint density at radius 2 is 1.91 bits per heavy atom. The van der Waals surface area contributed by atoms with Crippen LogP contribution in [-0.2, 0) is 4.74 Å². The van der Waals surface area contributed by atoms with Gasteiger partial charge < -0.3 is 9.47 Å². The maximum atomic E-state index is 13.6. The molecule has 1 aromatic heterocycles. The van der Waals surface area contributed by atoms with E-state index in [0.717, 1.165) is 55.0 Å². The van der Waals surface area contributed by atoms with Crippen LogP contribution in [0.2, 0.25) is 10.0 Å². The molecule has 10 heteroatoms. The highest BCUT2D eigenvalue weighted by Gasteiger charge is 2.24. The summed E-state index contributed by atoms with van der Waals surface area (Å²) in [6.45, 7) is 6.77. The number of carbonyl (C=O) groups is 1. The van der Waals surface area contributed by atoms with E-state index in [1.807, 2.05) is 19.1 Å². The summed E-state index contributed by atoms with van der Waals surface area (Å²) in [5, 5.41) is 1.49. The van der Waals surface area contributed by atoms with Gasteiger partial charge in [-0.3, -0.25) is 14.6 Å². The molecule has 0 bridgehead atoms. The zero-order valence-corrected chi connectivity index (χ0v) is 21.6. The average molecular weight is 531 g/mol. The number of ether oxygens (including phenoxy) is 2. The number of halogens is 3. The third kappa shape index (κ3) is 6.10. The third-order valence-electron chi connectivity index (χ3n) is 5.46. The number of morpholine rings is 1. The predicted molar refractivity (Wildman–Crippen MR) is 138 cm³/mol. The number of amides is 1. The van der Waals surface area contributed by atoms with E-state index in [1.54, 1.807) is 30.2 Å². The first kappa shape index (κ1) is 26.0. The molecule has 4 rings (SSSR count). The quantitative estimate of drug-likeness (QED) is 0.392. The molecule has 0 unspecified atom stereocenters. The first-order valence-electron chi connectivity index (χ1n) is 10.5. The highest BCUT2D eigenvalue weighted by Crippen LogP contribution is 2.37. The Morgan fingerprint density at radius 1 is 1.21 bits per heavy atom. The minimum absolute atomic E-state index is 0. The fourth-order valence-electron chi connectivity index (χ4n) is 3.77. The number of aryl methyl sites for hydroxylation is 1. The van der Waals surface area contributed by atoms with Crippen LogP contribution in [0.3, 0.4) is 0 Å². The van der Waals surface area contributed by atoms with Gasteiger partial charge in [0.25, 0.3) is 5.91 Å². The van der Waals surface area contributed by atoms with Crippen LogP contribution in [0, 0.1) is 6.92 Å². The molecule has 0 N–H and O–H groups in total. The molecule has 0 atom stereocenters. The molecule has 3 aromatic rings. The van der Waals surface area contributed by atoms with Crippen molar-refractivity contribution in [3.8, 4) is 5.75 Å². The second-order valence-electron chi connectivity index (χ2n) is 7.68. The molecule has 1 fully saturated rings. The van der Waals surface area contributed by atoms with Crippen LogP contribution >= 0.6 is 46.9 Å². The van der Waals surface area contributed by atoms with Gasteiger partial charge in [-0.25, -0.2) is 4.98 Å². The number of nitrogens with zero attached hydrogens (tertiary/aromatic N) is 3. The number of benzene rings is 2. The number of aromatic nitrogens is 1. The molecule has 2 heterocycles. The van der Waals surface area contributed by atoms with Gasteiger partial charge in [0.15, 0.2) is 5.13 Å². The van der Waals surface area contributed by atoms with Crippen molar-refractivity contribution >= 4 is 68.2 Å². The van der Waals surface area contributed by atoms with Crippen LogP contribution in [0.15, 0.2) is 30.3 Å². The fourth-order valence-corrected chi connectivity index (χ4v) is 5.37. The smallest absolute Gasteiger partial charge is 0.260 e. The molecule has 0 spiro atoms. The van der Waals surface area contributed by atoms with Gasteiger partial charge in [0, 0.05) is 41.8 Å². The Hall–Kier alpha value is -1.61. The van der Waals surface area contributed by atoms with Crippen molar-refractivity contribution in [1.29, 1.82) is 0 Å². The molecular weight excluding hydrogens is 505 g/mol. The Balaban J connectivity index is 0.00000306. The molecule has 0 aliphatic carbocycles. The lowest BCUT2D eigenvalue weighted by Crippen LogP contribution is -2.39. The van der Waals surface area contributed by atoms with Crippen LogP contribution in [0.5, 0.6) is 5.75 Å². The number of thiazole rings is 1. The summed E-state index contributed by atoms with van der Waals surface area (Å²) in [6.07, 6.45) is 0.812. The molecule has 33 heavy (non-hydrogen) atoms. The molecule has 178 valence electrons. The normalized spacial score (nSPS) is 14.2. The van der Waals surface area contributed by atoms with E-state index in [2.05, 4.69) is 4.90 Å². The minimum Gasteiger partial charge on any atom is -0.494 e. The fraction of sp³-hybridized carbons (Fsp3) is 0.391. The van der Waals surface area contributed by atoms with Crippen molar-refractivity contribution in [2.45, 2.75) is 13.3 Å². The van der Waals surface area contributed by atoms with Gasteiger partial charge in [-0.15, -0.1) is 12.4 Å². The van der Waals surface area contributed by atoms with E-state index in [9.17, 15) is 4.79 Å². The molecule has 1 aliphatic rings. The molecule has 6 nitrogen and oxygen atoms in total. The lowest BCUT2D eigenvalue weighted by molar-refractivity contribution is 0.0376. The van der Waals surface area contributed by atoms with Gasteiger partial charge in [0.05, 0.1) is 25.0 Å². The molecule has 0 saturated carbocycles. The molecule has 1 amide bonds. The lowest BCUT2D eigenvalue weighted by atomic mass is 10.2. The second kappa shape index (κ2) is 11.7. The summed E-state index contributed by atoms with van der Waals surface area (Å²) in [4.78, 5) is 22.4. The van der Waals surface area contributed by atoms with E-state index in [0.29, 0.717) is 33.0 Å².